The molecule has 144 valence electrons. The highest BCUT2D eigenvalue weighted by atomic mass is 35.5. The topological polar surface area (TPSA) is 76.8 Å². The molecule has 0 bridgehead atoms. The van der Waals surface area contributed by atoms with Gasteiger partial charge in [0.1, 0.15) is 12.4 Å². The lowest BCUT2D eigenvalue weighted by molar-refractivity contribution is -0.129. The van der Waals surface area contributed by atoms with Gasteiger partial charge in [0.2, 0.25) is 5.91 Å². The van der Waals surface area contributed by atoms with Crippen LogP contribution in [0, 0.1) is 0 Å². The van der Waals surface area contributed by atoms with Gasteiger partial charge in [-0.15, -0.1) is 24.8 Å². The number of nitrogens with two attached hydrogens (primary N) is 1. The van der Waals surface area contributed by atoms with Crippen LogP contribution in [0.1, 0.15) is 18.4 Å². The zero-order chi connectivity index (χ0) is 16.7. The van der Waals surface area contributed by atoms with Crippen molar-refractivity contribution in [1.82, 2.24) is 10.2 Å². The molecule has 0 atom stereocenters. The van der Waals surface area contributed by atoms with E-state index in [0.29, 0.717) is 39.2 Å². The first-order valence-corrected chi connectivity index (χ1v) is 8.01. The molecule has 0 radical (unpaired) electrons. The lowest BCUT2D eigenvalue weighted by atomic mass is 9.90. The number of carbonyl (C=O) groups excluding carboxylic acids is 1. The molecular formula is C17H29Cl2N3O3. The molecule has 25 heavy (non-hydrogen) atoms. The Morgan fingerprint density at radius 1 is 1.24 bits per heavy atom. The zero-order valence-corrected chi connectivity index (χ0v) is 16.5. The molecule has 1 aliphatic rings. The molecule has 0 saturated carbocycles. The van der Waals surface area contributed by atoms with Crippen molar-refractivity contribution < 1.29 is 14.3 Å². The first-order valence-electron chi connectivity index (χ1n) is 8.01. The van der Waals surface area contributed by atoms with E-state index in [-0.39, 0.29) is 30.7 Å². The van der Waals surface area contributed by atoms with Crippen molar-refractivity contribution in [2.75, 3.05) is 40.5 Å². The molecule has 1 saturated heterocycles. The fraction of sp³-hybridized carbons (Fsp3) is 0.588. The summed E-state index contributed by atoms with van der Waals surface area (Å²) in [6, 6.07) is 7.75. The molecule has 2 rings (SSSR count). The number of carbonyl (C=O) groups is 1. The van der Waals surface area contributed by atoms with Gasteiger partial charge in [0.15, 0.2) is 0 Å². The predicted octanol–water partition coefficient (Wildman–Crippen LogP) is 1.59. The second-order valence-corrected chi connectivity index (χ2v) is 6.25. The average Bonchev–Trinajstić information content (AvgIpc) is 2.54. The molecular weight excluding hydrogens is 365 g/mol. The first kappa shape index (κ1) is 23.9. The Balaban J connectivity index is 0.00000288. The maximum absolute atomic E-state index is 12.2. The molecule has 0 spiro atoms. The number of amides is 1. The number of hydrogen-bond donors (Lipinski definition) is 2. The van der Waals surface area contributed by atoms with Gasteiger partial charge in [-0.3, -0.25) is 4.79 Å². The molecule has 0 aromatic heterocycles. The summed E-state index contributed by atoms with van der Waals surface area (Å²) in [4.78, 5) is 14.3. The molecule has 1 fully saturated rings. The lowest BCUT2D eigenvalue weighted by Gasteiger charge is -2.31. The van der Waals surface area contributed by atoms with Crippen LogP contribution in [-0.2, 0) is 16.1 Å². The molecule has 8 heteroatoms. The van der Waals surface area contributed by atoms with Gasteiger partial charge in [-0.25, -0.2) is 0 Å². The van der Waals surface area contributed by atoms with E-state index in [1.807, 2.05) is 38.4 Å². The van der Waals surface area contributed by atoms with Crippen LogP contribution >= 0.6 is 24.8 Å². The summed E-state index contributed by atoms with van der Waals surface area (Å²) in [6.07, 6.45) is 1.13. The third-order valence-corrected chi connectivity index (χ3v) is 4.02. The smallest absolute Gasteiger partial charge is 0.240 e. The van der Waals surface area contributed by atoms with Gasteiger partial charge >= 0.3 is 0 Å². The van der Waals surface area contributed by atoms with E-state index in [2.05, 4.69) is 10.2 Å². The molecule has 1 aromatic rings. The minimum Gasteiger partial charge on any atom is -0.492 e. The third-order valence-electron chi connectivity index (χ3n) is 4.02. The molecule has 1 heterocycles. The number of rotatable bonds is 7. The van der Waals surface area contributed by atoms with Crippen LogP contribution in [0.2, 0.25) is 0 Å². The van der Waals surface area contributed by atoms with Crippen molar-refractivity contribution in [2.45, 2.75) is 24.9 Å². The molecule has 6 nitrogen and oxygen atoms in total. The van der Waals surface area contributed by atoms with E-state index in [4.69, 9.17) is 15.2 Å². The Morgan fingerprint density at radius 3 is 2.40 bits per heavy atom. The van der Waals surface area contributed by atoms with E-state index in [1.54, 1.807) is 0 Å². The quantitative estimate of drug-likeness (QED) is 0.735. The summed E-state index contributed by atoms with van der Waals surface area (Å²) in [5.74, 6) is 0.730. The minimum absolute atomic E-state index is 0. The molecule has 0 aliphatic carbocycles. The number of benzene rings is 1. The summed E-state index contributed by atoms with van der Waals surface area (Å²) in [5, 5.41) is 2.92. The van der Waals surface area contributed by atoms with Gasteiger partial charge in [-0.1, -0.05) is 12.1 Å². The van der Waals surface area contributed by atoms with Crippen molar-refractivity contribution in [3.63, 3.8) is 0 Å². The first-order chi connectivity index (χ1) is 11.0. The molecule has 1 aliphatic heterocycles. The fourth-order valence-corrected chi connectivity index (χ4v) is 2.37. The Labute approximate surface area is 162 Å². The van der Waals surface area contributed by atoms with Gasteiger partial charge in [-0.2, -0.15) is 0 Å². The average molecular weight is 394 g/mol. The predicted molar refractivity (Wildman–Crippen MR) is 104 cm³/mol. The van der Waals surface area contributed by atoms with E-state index >= 15 is 0 Å². The van der Waals surface area contributed by atoms with Gasteiger partial charge in [0, 0.05) is 26.3 Å². The van der Waals surface area contributed by atoms with E-state index in [9.17, 15) is 4.79 Å². The summed E-state index contributed by atoms with van der Waals surface area (Å²) in [7, 11) is 4.02. The van der Waals surface area contributed by atoms with Crippen molar-refractivity contribution in [3.05, 3.63) is 29.8 Å². The van der Waals surface area contributed by atoms with Crippen LogP contribution in [0.4, 0.5) is 0 Å². The largest absolute Gasteiger partial charge is 0.492 e. The highest BCUT2D eigenvalue weighted by Gasteiger charge is 2.35. The standard InChI is InChI=1S/C17H27N3O3.2ClH/c1-20(2)9-12-23-15-5-3-14(4-6-15)13-19-16(21)17(18)7-10-22-11-8-17;;/h3-6H,7-13,18H2,1-2H3,(H,19,21);2*1H. The van der Waals surface area contributed by atoms with Crippen molar-refractivity contribution in [3.8, 4) is 5.75 Å². The number of nitrogens with one attached hydrogen (secondary N) is 1. The SMILES string of the molecule is CN(C)CCOc1ccc(CNC(=O)C2(N)CCOCC2)cc1.Cl.Cl. The second kappa shape index (κ2) is 11.5. The Hall–Kier alpha value is -1.05. The number of halogens is 2. The maximum atomic E-state index is 12.2. The summed E-state index contributed by atoms with van der Waals surface area (Å²) < 4.78 is 10.9. The number of ether oxygens (including phenoxy) is 2. The molecule has 1 aromatic carbocycles. The van der Waals surface area contributed by atoms with Crippen LogP contribution < -0.4 is 15.8 Å². The molecule has 3 N–H and O–H groups in total. The number of nitrogens with zero attached hydrogens (tertiary/aromatic N) is 1. The highest BCUT2D eigenvalue weighted by Crippen LogP contribution is 2.18. The highest BCUT2D eigenvalue weighted by molar-refractivity contribution is 5.86. The van der Waals surface area contributed by atoms with Crippen LogP contribution in [0.5, 0.6) is 5.75 Å². The van der Waals surface area contributed by atoms with E-state index < -0.39 is 5.54 Å². The van der Waals surface area contributed by atoms with Crippen LogP contribution in [0.15, 0.2) is 24.3 Å². The maximum Gasteiger partial charge on any atom is 0.240 e. The van der Waals surface area contributed by atoms with Crippen molar-refractivity contribution >= 4 is 30.7 Å². The number of hydrogen-bond acceptors (Lipinski definition) is 5. The van der Waals surface area contributed by atoms with Gasteiger partial charge < -0.3 is 25.4 Å². The zero-order valence-electron chi connectivity index (χ0n) is 14.8. The summed E-state index contributed by atoms with van der Waals surface area (Å²) in [6.45, 7) is 3.09. The number of likely N-dealkylation sites (N-methyl/N-ethyl adjacent to an activating group) is 1. The van der Waals surface area contributed by atoms with Crippen LogP contribution in [0.25, 0.3) is 0 Å². The van der Waals surface area contributed by atoms with Crippen LogP contribution in [-0.4, -0.2) is 56.8 Å². The molecule has 1 amide bonds. The van der Waals surface area contributed by atoms with Crippen molar-refractivity contribution in [2.24, 2.45) is 5.73 Å². The van der Waals surface area contributed by atoms with Gasteiger partial charge in [-0.05, 0) is 44.6 Å². The monoisotopic (exact) mass is 393 g/mol. The van der Waals surface area contributed by atoms with E-state index in [0.717, 1.165) is 17.9 Å². The van der Waals surface area contributed by atoms with Gasteiger partial charge in [0.25, 0.3) is 0 Å². The molecule has 0 unspecified atom stereocenters. The van der Waals surface area contributed by atoms with Crippen LogP contribution in [0.3, 0.4) is 0 Å². The normalized spacial score (nSPS) is 15.7. The second-order valence-electron chi connectivity index (χ2n) is 6.25. The third kappa shape index (κ3) is 7.79. The summed E-state index contributed by atoms with van der Waals surface area (Å²) >= 11 is 0. The van der Waals surface area contributed by atoms with Gasteiger partial charge in [0.05, 0.1) is 5.54 Å². The Bertz CT molecular complexity index is 506. The Morgan fingerprint density at radius 2 is 1.84 bits per heavy atom. The summed E-state index contributed by atoms with van der Waals surface area (Å²) in [5.41, 5.74) is 6.38. The fourth-order valence-electron chi connectivity index (χ4n) is 2.37. The lowest BCUT2D eigenvalue weighted by Crippen LogP contribution is -2.56. The minimum atomic E-state index is -0.798. The van der Waals surface area contributed by atoms with E-state index in [1.165, 1.54) is 0 Å². The Kier molecular flexibility index (Phi) is 11.1. The van der Waals surface area contributed by atoms with Crippen molar-refractivity contribution in [1.29, 1.82) is 0 Å².